The minimum atomic E-state index is -0.586. The molecule has 0 spiro atoms. The van der Waals surface area contributed by atoms with Crippen LogP contribution in [-0.2, 0) is 4.79 Å². The number of ether oxygens (including phenoxy) is 1. The molecule has 1 heterocycles. The third kappa shape index (κ3) is 4.43. The second-order valence-electron chi connectivity index (χ2n) is 4.19. The SMILES string of the molecule is COc1ccc(NC(=O)/C(C#N)=C\Nc2ncccn2)cc1Cl. The van der Waals surface area contributed by atoms with E-state index in [4.69, 9.17) is 21.6 Å². The molecule has 1 aromatic carbocycles. The molecule has 2 rings (SSSR count). The number of nitrogens with one attached hydrogen (secondary N) is 2. The highest BCUT2D eigenvalue weighted by Gasteiger charge is 2.11. The molecule has 0 aliphatic carbocycles. The van der Waals surface area contributed by atoms with Gasteiger partial charge in [0.2, 0.25) is 5.95 Å². The van der Waals surface area contributed by atoms with Crippen LogP contribution in [0.4, 0.5) is 11.6 Å². The van der Waals surface area contributed by atoms with Crippen LogP contribution in [0.1, 0.15) is 0 Å². The molecule has 0 fully saturated rings. The minimum Gasteiger partial charge on any atom is -0.495 e. The third-order valence-electron chi connectivity index (χ3n) is 2.69. The van der Waals surface area contributed by atoms with Gasteiger partial charge >= 0.3 is 0 Å². The number of hydrogen-bond donors (Lipinski definition) is 2. The van der Waals surface area contributed by atoms with E-state index in [1.54, 1.807) is 24.3 Å². The van der Waals surface area contributed by atoms with E-state index in [0.717, 1.165) is 0 Å². The van der Waals surface area contributed by atoms with Crippen molar-refractivity contribution in [3.05, 3.63) is 53.5 Å². The fourth-order valence-electron chi connectivity index (χ4n) is 1.60. The first-order valence-electron chi connectivity index (χ1n) is 6.42. The predicted molar refractivity (Wildman–Crippen MR) is 86.0 cm³/mol. The van der Waals surface area contributed by atoms with Gasteiger partial charge in [0.1, 0.15) is 17.4 Å². The van der Waals surface area contributed by atoms with E-state index in [1.807, 2.05) is 0 Å². The molecule has 1 aromatic heterocycles. The van der Waals surface area contributed by atoms with Gasteiger partial charge < -0.3 is 15.4 Å². The first-order chi connectivity index (χ1) is 11.1. The Bertz CT molecular complexity index is 771. The Labute approximate surface area is 137 Å². The average molecular weight is 330 g/mol. The number of nitriles is 1. The summed E-state index contributed by atoms with van der Waals surface area (Å²) in [6.07, 6.45) is 4.30. The van der Waals surface area contributed by atoms with Gasteiger partial charge in [-0.05, 0) is 24.3 Å². The van der Waals surface area contributed by atoms with Crippen LogP contribution < -0.4 is 15.4 Å². The summed E-state index contributed by atoms with van der Waals surface area (Å²) in [6.45, 7) is 0. The number of halogens is 1. The lowest BCUT2D eigenvalue weighted by Gasteiger charge is -2.07. The minimum absolute atomic E-state index is 0.135. The van der Waals surface area contributed by atoms with Crippen molar-refractivity contribution in [2.24, 2.45) is 0 Å². The number of aromatic nitrogens is 2. The van der Waals surface area contributed by atoms with Crippen molar-refractivity contribution in [3.8, 4) is 11.8 Å². The molecule has 0 aliphatic rings. The lowest BCUT2D eigenvalue weighted by atomic mass is 10.2. The van der Waals surface area contributed by atoms with Crippen LogP contribution in [0.25, 0.3) is 0 Å². The summed E-state index contributed by atoms with van der Waals surface area (Å²) in [5.74, 6) is 0.182. The second kappa shape index (κ2) is 7.77. The molecule has 2 aromatic rings. The summed E-state index contributed by atoms with van der Waals surface area (Å²) in [5, 5.41) is 14.7. The number of benzene rings is 1. The number of methoxy groups -OCH3 is 1. The van der Waals surface area contributed by atoms with E-state index in [2.05, 4.69) is 20.6 Å². The van der Waals surface area contributed by atoms with Crippen LogP contribution in [0.15, 0.2) is 48.4 Å². The molecule has 23 heavy (non-hydrogen) atoms. The summed E-state index contributed by atoms with van der Waals surface area (Å²) >= 11 is 5.98. The Kier molecular flexibility index (Phi) is 5.50. The number of carbonyl (C=O) groups excluding carboxylic acids is 1. The molecular formula is C15H12ClN5O2. The Balaban J connectivity index is 2.08. The molecule has 0 bridgehead atoms. The van der Waals surface area contributed by atoms with E-state index >= 15 is 0 Å². The van der Waals surface area contributed by atoms with Crippen LogP contribution in [-0.4, -0.2) is 23.0 Å². The molecule has 0 aliphatic heterocycles. The average Bonchev–Trinajstić information content (AvgIpc) is 2.56. The van der Waals surface area contributed by atoms with Crippen LogP contribution in [0.3, 0.4) is 0 Å². The largest absolute Gasteiger partial charge is 0.495 e. The van der Waals surface area contributed by atoms with Gasteiger partial charge in [-0.1, -0.05) is 11.6 Å². The summed E-state index contributed by atoms with van der Waals surface area (Å²) in [5.41, 5.74) is 0.308. The fourth-order valence-corrected chi connectivity index (χ4v) is 1.86. The van der Waals surface area contributed by atoms with Crippen molar-refractivity contribution >= 4 is 29.1 Å². The Hall–Kier alpha value is -3.11. The molecule has 0 radical (unpaired) electrons. The lowest BCUT2D eigenvalue weighted by molar-refractivity contribution is -0.112. The van der Waals surface area contributed by atoms with Gasteiger partial charge in [0.25, 0.3) is 5.91 Å². The fraction of sp³-hybridized carbons (Fsp3) is 0.0667. The van der Waals surface area contributed by atoms with Gasteiger partial charge in [-0.15, -0.1) is 0 Å². The Morgan fingerprint density at radius 2 is 2.13 bits per heavy atom. The van der Waals surface area contributed by atoms with Crippen LogP contribution in [0.2, 0.25) is 5.02 Å². The van der Waals surface area contributed by atoms with Crippen LogP contribution >= 0.6 is 11.6 Å². The molecule has 0 saturated heterocycles. The highest BCUT2D eigenvalue weighted by atomic mass is 35.5. The van der Waals surface area contributed by atoms with Crippen molar-refractivity contribution in [1.29, 1.82) is 5.26 Å². The molecule has 0 unspecified atom stereocenters. The zero-order chi connectivity index (χ0) is 16.7. The summed E-state index contributed by atoms with van der Waals surface area (Å²) in [7, 11) is 1.49. The summed E-state index contributed by atoms with van der Waals surface area (Å²) in [4.78, 5) is 19.9. The first-order valence-corrected chi connectivity index (χ1v) is 6.80. The van der Waals surface area contributed by atoms with Gasteiger partial charge in [0.15, 0.2) is 0 Å². The van der Waals surface area contributed by atoms with Crippen molar-refractivity contribution in [1.82, 2.24) is 9.97 Å². The Morgan fingerprint density at radius 3 is 2.74 bits per heavy atom. The van der Waals surface area contributed by atoms with E-state index < -0.39 is 5.91 Å². The monoisotopic (exact) mass is 329 g/mol. The zero-order valence-electron chi connectivity index (χ0n) is 12.1. The number of nitrogens with zero attached hydrogens (tertiary/aromatic N) is 3. The number of amides is 1. The molecule has 1 amide bonds. The maximum Gasteiger partial charge on any atom is 0.267 e. The van der Waals surface area contributed by atoms with Crippen LogP contribution in [0, 0.1) is 11.3 Å². The smallest absolute Gasteiger partial charge is 0.267 e. The van der Waals surface area contributed by atoms with Gasteiger partial charge in [0.05, 0.1) is 12.1 Å². The van der Waals surface area contributed by atoms with Gasteiger partial charge in [-0.3, -0.25) is 4.79 Å². The quantitative estimate of drug-likeness (QED) is 0.646. The molecule has 8 heteroatoms. The Morgan fingerprint density at radius 1 is 1.39 bits per heavy atom. The highest BCUT2D eigenvalue weighted by Crippen LogP contribution is 2.27. The van der Waals surface area contributed by atoms with E-state index in [9.17, 15) is 4.79 Å². The molecular weight excluding hydrogens is 318 g/mol. The summed E-state index contributed by atoms with van der Waals surface area (Å²) < 4.78 is 5.03. The number of rotatable bonds is 5. The van der Waals surface area contributed by atoms with Gasteiger partial charge in [-0.25, -0.2) is 9.97 Å². The number of carbonyl (C=O) groups is 1. The molecule has 116 valence electrons. The maximum absolute atomic E-state index is 12.1. The summed E-state index contributed by atoms with van der Waals surface area (Å²) in [6, 6.07) is 8.22. The highest BCUT2D eigenvalue weighted by molar-refractivity contribution is 6.32. The molecule has 0 atom stereocenters. The van der Waals surface area contributed by atoms with Gasteiger partial charge in [0, 0.05) is 24.3 Å². The zero-order valence-corrected chi connectivity index (χ0v) is 12.8. The van der Waals surface area contributed by atoms with Crippen molar-refractivity contribution in [3.63, 3.8) is 0 Å². The number of anilines is 2. The predicted octanol–water partition coefficient (Wildman–Crippen LogP) is 2.60. The second-order valence-corrected chi connectivity index (χ2v) is 4.60. The van der Waals surface area contributed by atoms with E-state index in [0.29, 0.717) is 16.5 Å². The van der Waals surface area contributed by atoms with Crippen molar-refractivity contribution in [2.75, 3.05) is 17.7 Å². The topological polar surface area (TPSA) is 99.9 Å². The van der Waals surface area contributed by atoms with Crippen LogP contribution in [0.5, 0.6) is 5.75 Å². The van der Waals surface area contributed by atoms with Crippen molar-refractivity contribution < 1.29 is 9.53 Å². The number of hydrogen-bond acceptors (Lipinski definition) is 6. The lowest BCUT2D eigenvalue weighted by Crippen LogP contribution is -2.14. The third-order valence-corrected chi connectivity index (χ3v) is 2.98. The van der Waals surface area contributed by atoms with Crippen molar-refractivity contribution in [2.45, 2.75) is 0 Å². The van der Waals surface area contributed by atoms with E-state index in [-0.39, 0.29) is 11.5 Å². The standard InChI is InChI=1S/C15H12ClN5O2/c1-23-13-4-3-11(7-12(13)16)21-14(22)10(8-17)9-20-15-18-5-2-6-19-15/h2-7,9H,1H3,(H,21,22)(H,18,19,20)/b10-9-. The van der Waals surface area contributed by atoms with Gasteiger partial charge in [-0.2, -0.15) is 5.26 Å². The maximum atomic E-state index is 12.1. The first kappa shape index (κ1) is 16.3. The molecule has 0 saturated carbocycles. The molecule has 2 N–H and O–H groups in total. The molecule has 7 nitrogen and oxygen atoms in total. The van der Waals surface area contributed by atoms with E-state index in [1.165, 1.54) is 31.8 Å². The normalized spacial score (nSPS) is 10.6.